The summed E-state index contributed by atoms with van der Waals surface area (Å²) < 4.78 is 35.9. The molecule has 0 unspecified atom stereocenters. The molecule has 0 bridgehead atoms. The molecule has 0 amide bonds. The van der Waals surface area contributed by atoms with Gasteiger partial charge in [-0.2, -0.15) is 13.2 Å². The zero-order valence-electron chi connectivity index (χ0n) is 6.65. The first-order chi connectivity index (χ1) is 6.39. The van der Waals surface area contributed by atoms with Gasteiger partial charge in [-0.05, 0) is 17.7 Å². The lowest BCUT2D eigenvalue weighted by Gasteiger charge is -2.03. The average Bonchev–Trinajstić information content (AvgIpc) is 2.02. The Balaban J connectivity index is 2.98. The second-order valence-electron chi connectivity index (χ2n) is 2.43. The van der Waals surface area contributed by atoms with E-state index in [1.165, 1.54) is 18.5 Å². The van der Waals surface area contributed by atoms with Crippen molar-refractivity contribution in [3.05, 3.63) is 34.1 Å². The van der Waals surface area contributed by atoms with Gasteiger partial charge in [-0.1, -0.05) is 23.2 Å². The molecule has 0 saturated carbocycles. The lowest BCUT2D eigenvalue weighted by molar-refractivity contribution is -0.0836. The van der Waals surface area contributed by atoms with E-state index in [1.807, 2.05) is 0 Å². The Hall–Kier alpha value is -0.740. The summed E-state index contributed by atoms with van der Waals surface area (Å²) in [4.78, 5) is 3.62. The molecule has 0 aliphatic heterocycles. The van der Waals surface area contributed by atoms with Gasteiger partial charge in [0.15, 0.2) is 0 Å². The Kier molecular flexibility index (Phi) is 3.39. The number of hydrogen-bond donors (Lipinski definition) is 0. The fourth-order valence-electron chi connectivity index (χ4n) is 0.735. The van der Waals surface area contributed by atoms with Gasteiger partial charge in [-0.3, -0.25) is 4.98 Å². The van der Waals surface area contributed by atoms with Crippen LogP contribution in [0, 0.1) is 0 Å². The van der Waals surface area contributed by atoms with Crippen LogP contribution in [0.1, 0.15) is 5.56 Å². The van der Waals surface area contributed by atoms with Crippen molar-refractivity contribution in [2.45, 2.75) is 6.18 Å². The molecule has 0 fully saturated rings. The van der Waals surface area contributed by atoms with Gasteiger partial charge in [0.05, 0.1) is 5.02 Å². The second kappa shape index (κ2) is 4.19. The molecular weight excluding hydrogens is 238 g/mol. The minimum absolute atomic E-state index is 0.208. The van der Waals surface area contributed by atoms with E-state index in [1.54, 1.807) is 0 Å². The van der Waals surface area contributed by atoms with Crippen molar-refractivity contribution in [3.8, 4) is 0 Å². The zero-order chi connectivity index (χ0) is 10.8. The van der Waals surface area contributed by atoms with Crippen LogP contribution >= 0.6 is 23.2 Å². The maximum absolute atomic E-state index is 12.0. The van der Waals surface area contributed by atoms with Gasteiger partial charge in [-0.25, -0.2) is 0 Å². The Bertz CT molecular complexity index is 360. The Labute approximate surface area is 88.2 Å². The number of rotatable bonds is 1. The number of alkyl halides is 3. The lowest BCUT2D eigenvalue weighted by atomic mass is 10.2. The lowest BCUT2D eigenvalue weighted by Crippen LogP contribution is -2.06. The summed E-state index contributed by atoms with van der Waals surface area (Å²) in [6.07, 6.45) is -1.22. The predicted molar refractivity (Wildman–Crippen MR) is 49.1 cm³/mol. The molecule has 0 radical (unpaired) electrons. The highest BCUT2D eigenvalue weighted by Gasteiger charge is 2.32. The number of pyridine rings is 1. The van der Waals surface area contributed by atoms with E-state index in [9.17, 15) is 13.2 Å². The molecule has 76 valence electrons. The van der Waals surface area contributed by atoms with E-state index in [2.05, 4.69) is 4.98 Å². The first kappa shape index (κ1) is 11.3. The number of nitrogens with zero attached hydrogens (tertiary/aromatic N) is 1. The normalized spacial score (nSPS) is 13.1. The zero-order valence-corrected chi connectivity index (χ0v) is 8.16. The quantitative estimate of drug-likeness (QED) is 0.728. The van der Waals surface area contributed by atoms with Gasteiger partial charge >= 0.3 is 6.18 Å². The summed E-state index contributed by atoms with van der Waals surface area (Å²) in [7, 11) is 0. The number of allylic oxidation sites excluding steroid dienone is 1. The van der Waals surface area contributed by atoms with Crippen LogP contribution in [-0.2, 0) is 0 Å². The predicted octanol–water partition coefficient (Wildman–Crippen LogP) is 3.88. The average molecular weight is 242 g/mol. The van der Waals surface area contributed by atoms with Crippen molar-refractivity contribution in [3.63, 3.8) is 0 Å². The molecule has 0 aliphatic rings. The van der Waals surface area contributed by atoms with Crippen molar-refractivity contribution in [1.82, 2.24) is 4.98 Å². The van der Waals surface area contributed by atoms with Crippen LogP contribution in [0.25, 0.3) is 6.08 Å². The first-order valence-corrected chi connectivity index (χ1v) is 4.20. The van der Waals surface area contributed by atoms with E-state index in [4.69, 9.17) is 23.2 Å². The summed E-state index contributed by atoms with van der Waals surface area (Å²) in [5, 5.41) is -0.952. The Morgan fingerprint density at radius 1 is 1.36 bits per heavy atom. The molecule has 14 heavy (non-hydrogen) atoms. The third-order valence-electron chi connectivity index (χ3n) is 1.29. The standard InChI is InChI=1S/C8H4Cl2F3N/c9-6-1-5(3-14-4-6)2-7(10)8(11,12)13/h1-4H/b7-2-. The molecule has 0 atom stereocenters. The molecule has 1 aromatic heterocycles. The third kappa shape index (κ3) is 3.20. The SMILES string of the molecule is FC(F)(F)/C(Cl)=C/c1cncc(Cl)c1. The fourth-order valence-corrected chi connectivity index (χ4v) is 1.04. The number of hydrogen-bond acceptors (Lipinski definition) is 1. The third-order valence-corrected chi connectivity index (χ3v) is 1.82. The van der Waals surface area contributed by atoms with E-state index >= 15 is 0 Å². The molecule has 1 heterocycles. The van der Waals surface area contributed by atoms with Crippen molar-refractivity contribution in [2.75, 3.05) is 0 Å². The van der Waals surface area contributed by atoms with Crippen molar-refractivity contribution in [1.29, 1.82) is 0 Å². The highest BCUT2D eigenvalue weighted by molar-refractivity contribution is 6.32. The van der Waals surface area contributed by atoms with Gasteiger partial charge in [0.1, 0.15) is 5.03 Å². The number of aromatic nitrogens is 1. The highest BCUT2D eigenvalue weighted by atomic mass is 35.5. The van der Waals surface area contributed by atoms with Crippen LogP contribution in [0.5, 0.6) is 0 Å². The molecule has 0 N–H and O–H groups in total. The molecule has 1 nitrogen and oxygen atoms in total. The van der Waals surface area contributed by atoms with Gasteiger partial charge in [-0.15, -0.1) is 0 Å². The number of halogens is 5. The Morgan fingerprint density at radius 3 is 2.50 bits per heavy atom. The maximum atomic E-state index is 12.0. The summed E-state index contributed by atoms with van der Waals surface area (Å²) in [5.41, 5.74) is 0.208. The van der Waals surface area contributed by atoms with E-state index in [0.29, 0.717) is 0 Å². The molecule has 0 spiro atoms. The van der Waals surface area contributed by atoms with Crippen molar-refractivity contribution >= 4 is 29.3 Å². The van der Waals surface area contributed by atoms with Crippen LogP contribution < -0.4 is 0 Å². The van der Waals surface area contributed by atoms with Crippen LogP contribution in [0.3, 0.4) is 0 Å². The smallest absolute Gasteiger partial charge is 0.263 e. The molecule has 0 aromatic carbocycles. The maximum Gasteiger partial charge on any atom is 0.426 e. The monoisotopic (exact) mass is 241 g/mol. The second-order valence-corrected chi connectivity index (χ2v) is 3.27. The van der Waals surface area contributed by atoms with E-state index < -0.39 is 11.2 Å². The van der Waals surface area contributed by atoms with Crippen LogP contribution in [0.4, 0.5) is 13.2 Å². The van der Waals surface area contributed by atoms with Crippen LogP contribution in [0.15, 0.2) is 23.5 Å². The van der Waals surface area contributed by atoms with Crippen LogP contribution in [-0.4, -0.2) is 11.2 Å². The van der Waals surface area contributed by atoms with E-state index in [0.717, 1.165) is 6.08 Å². The summed E-state index contributed by atoms with van der Waals surface area (Å²) >= 11 is 10.5. The molecule has 0 saturated heterocycles. The topological polar surface area (TPSA) is 12.9 Å². The first-order valence-electron chi connectivity index (χ1n) is 3.44. The highest BCUT2D eigenvalue weighted by Crippen LogP contribution is 2.30. The van der Waals surface area contributed by atoms with Gasteiger partial charge in [0.2, 0.25) is 0 Å². The molecular formula is C8H4Cl2F3N. The fraction of sp³-hybridized carbons (Fsp3) is 0.125. The summed E-state index contributed by atoms with van der Waals surface area (Å²) in [6.45, 7) is 0. The summed E-state index contributed by atoms with van der Waals surface area (Å²) in [6, 6.07) is 1.34. The van der Waals surface area contributed by atoms with Crippen molar-refractivity contribution < 1.29 is 13.2 Å². The minimum atomic E-state index is -4.54. The largest absolute Gasteiger partial charge is 0.426 e. The molecule has 1 aromatic rings. The van der Waals surface area contributed by atoms with Gasteiger partial charge < -0.3 is 0 Å². The van der Waals surface area contributed by atoms with Gasteiger partial charge in [0.25, 0.3) is 0 Å². The molecule has 6 heteroatoms. The van der Waals surface area contributed by atoms with E-state index in [-0.39, 0.29) is 10.6 Å². The Morgan fingerprint density at radius 2 is 2.00 bits per heavy atom. The van der Waals surface area contributed by atoms with Crippen LogP contribution in [0.2, 0.25) is 5.02 Å². The van der Waals surface area contributed by atoms with Gasteiger partial charge in [0, 0.05) is 12.4 Å². The minimum Gasteiger partial charge on any atom is -0.263 e. The summed E-state index contributed by atoms with van der Waals surface area (Å²) in [5.74, 6) is 0. The molecule has 0 aliphatic carbocycles. The van der Waals surface area contributed by atoms with Crippen molar-refractivity contribution in [2.24, 2.45) is 0 Å². The molecule has 1 rings (SSSR count).